The van der Waals surface area contributed by atoms with Crippen molar-refractivity contribution in [2.45, 2.75) is 44.0 Å². The van der Waals surface area contributed by atoms with E-state index in [0.29, 0.717) is 6.42 Å². The van der Waals surface area contributed by atoms with E-state index in [9.17, 15) is 18.0 Å². The molecule has 0 fully saturated rings. The van der Waals surface area contributed by atoms with E-state index in [1.54, 1.807) is 6.92 Å². The smallest absolute Gasteiger partial charge is 0.338 e. The molecule has 0 radical (unpaired) electrons. The van der Waals surface area contributed by atoms with E-state index < -0.39 is 28.0 Å². The number of rotatable bonds is 9. The topological polar surface area (TPSA) is 110 Å². The minimum Gasteiger partial charge on any atom is -0.480 e. The maximum absolute atomic E-state index is 12.3. The summed E-state index contributed by atoms with van der Waals surface area (Å²) < 4.78 is 31.6. The fourth-order valence-electron chi connectivity index (χ4n) is 1.90. The summed E-state index contributed by atoms with van der Waals surface area (Å²) in [6, 6.07) is 4.10. The van der Waals surface area contributed by atoms with Gasteiger partial charge in [0.15, 0.2) is 0 Å². The number of carbonyl (C=O) groups excluding carboxylic acids is 1. The lowest BCUT2D eigenvalue weighted by Crippen LogP contribution is -2.40. The number of carboxylic acid groups (broad SMARTS) is 1. The first-order valence-electron chi connectivity index (χ1n) is 7.34. The largest absolute Gasteiger partial charge is 0.480 e. The lowest BCUT2D eigenvalue weighted by atomic mass is 10.1. The lowest BCUT2D eigenvalue weighted by molar-refractivity contribution is -0.139. The van der Waals surface area contributed by atoms with Crippen LogP contribution < -0.4 is 4.72 Å². The lowest BCUT2D eigenvalue weighted by Gasteiger charge is -2.14. The molecule has 128 valence electrons. The molecule has 0 amide bonds. The normalized spacial score (nSPS) is 12.6. The summed E-state index contributed by atoms with van der Waals surface area (Å²) in [5.41, 5.74) is 0.0927. The number of aliphatic carboxylic acids is 1. The van der Waals surface area contributed by atoms with Crippen LogP contribution in [-0.2, 0) is 19.6 Å². The molecule has 1 aromatic rings. The summed E-state index contributed by atoms with van der Waals surface area (Å²) in [7, 11) is -4.04. The van der Waals surface area contributed by atoms with E-state index in [1.165, 1.54) is 24.3 Å². The summed E-state index contributed by atoms with van der Waals surface area (Å²) in [4.78, 5) is 22.7. The van der Waals surface area contributed by atoms with Gasteiger partial charge in [-0.2, -0.15) is 4.72 Å². The van der Waals surface area contributed by atoms with Crippen molar-refractivity contribution in [1.82, 2.24) is 4.72 Å². The third kappa shape index (κ3) is 5.65. The predicted molar refractivity (Wildman–Crippen MR) is 83.7 cm³/mol. The Hall–Kier alpha value is -1.93. The number of carboxylic acids is 1. The summed E-state index contributed by atoms with van der Waals surface area (Å²) in [5, 5.41) is 9.12. The van der Waals surface area contributed by atoms with Gasteiger partial charge in [-0.3, -0.25) is 4.79 Å². The first kappa shape index (κ1) is 19.1. The Balaban J connectivity index is 3.01. The van der Waals surface area contributed by atoms with Crippen molar-refractivity contribution in [2.75, 3.05) is 6.61 Å². The average molecular weight is 343 g/mol. The Morgan fingerprint density at radius 3 is 2.57 bits per heavy atom. The van der Waals surface area contributed by atoms with Crippen LogP contribution in [0.15, 0.2) is 29.2 Å². The average Bonchev–Trinajstić information content (AvgIpc) is 2.51. The molecule has 0 saturated heterocycles. The molecule has 2 N–H and O–H groups in total. The van der Waals surface area contributed by atoms with Gasteiger partial charge in [-0.15, -0.1) is 0 Å². The molecule has 0 heterocycles. The zero-order valence-corrected chi connectivity index (χ0v) is 13.9. The van der Waals surface area contributed by atoms with Gasteiger partial charge in [-0.1, -0.05) is 25.8 Å². The third-order valence-corrected chi connectivity index (χ3v) is 4.57. The zero-order valence-electron chi connectivity index (χ0n) is 13.1. The molecule has 1 atom stereocenters. The zero-order chi connectivity index (χ0) is 17.5. The minimum absolute atomic E-state index is 0.0927. The fourth-order valence-corrected chi connectivity index (χ4v) is 3.17. The fraction of sp³-hybridized carbons (Fsp3) is 0.467. The van der Waals surface area contributed by atoms with Crippen LogP contribution in [0.1, 0.15) is 43.5 Å². The highest BCUT2D eigenvalue weighted by atomic mass is 32.2. The van der Waals surface area contributed by atoms with Crippen LogP contribution in [0.4, 0.5) is 0 Å². The van der Waals surface area contributed by atoms with Crippen molar-refractivity contribution in [3.63, 3.8) is 0 Å². The SMILES string of the molecule is CCCC[C@H](NS(=O)(=O)c1cccc(C(=O)OCC)c1)C(=O)O. The number of nitrogens with one attached hydrogen (secondary N) is 1. The first-order valence-corrected chi connectivity index (χ1v) is 8.82. The maximum atomic E-state index is 12.3. The molecule has 0 unspecified atom stereocenters. The van der Waals surface area contributed by atoms with E-state index in [-0.39, 0.29) is 23.5 Å². The second kappa shape index (κ2) is 8.64. The van der Waals surface area contributed by atoms with Gasteiger partial charge >= 0.3 is 11.9 Å². The molecule has 8 heteroatoms. The van der Waals surface area contributed by atoms with Gasteiger partial charge in [-0.05, 0) is 31.5 Å². The number of ether oxygens (including phenoxy) is 1. The van der Waals surface area contributed by atoms with Gasteiger partial charge in [0.2, 0.25) is 10.0 Å². The summed E-state index contributed by atoms with van der Waals surface area (Å²) in [6.45, 7) is 3.70. The first-order chi connectivity index (χ1) is 10.8. The number of sulfonamides is 1. The molecule has 0 aliphatic carbocycles. The van der Waals surface area contributed by atoms with E-state index >= 15 is 0 Å². The molecule has 0 saturated carbocycles. The molecule has 0 aliphatic rings. The minimum atomic E-state index is -4.04. The molecule has 0 aromatic heterocycles. The number of benzene rings is 1. The highest BCUT2D eigenvalue weighted by Gasteiger charge is 2.25. The highest BCUT2D eigenvalue weighted by molar-refractivity contribution is 7.89. The Kier molecular flexibility index (Phi) is 7.18. The van der Waals surface area contributed by atoms with Gasteiger partial charge in [0, 0.05) is 0 Å². The van der Waals surface area contributed by atoms with Crippen molar-refractivity contribution in [2.24, 2.45) is 0 Å². The molecule has 0 aliphatic heterocycles. The van der Waals surface area contributed by atoms with Gasteiger partial charge in [0.05, 0.1) is 17.1 Å². The third-order valence-electron chi connectivity index (χ3n) is 3.10. The Morgan fingerprint density at radius 2 is 2.00 bits per heavy atom. The quantitative estimate of drug-likeness (QED) is 0.662. The van der Waals surface area contributed by atoms with Crippen LogP contribution >= 0.6 is 0 Å². The van der Waals surface area contributed by atoms with E-state index in [4.69, 9.17) is 9.84 Å². The van der Waals surface area contributed by atoms with Crippen LogP contribution in [0.3, 0.4) is 0 Å². The van der Waals surface area contributed by atoms with E-state index in [1.807, 2.05) is 6.92 Å². The number of hydrogen-bond donors (Lipinski definition) is 2. The maximum Gasteiger partial charge on any atom is 0.338 e. The monoisotopic (exact) mass is 343 g/mol. The summed E-state index contributed by atoms with van der Waals surface area (Å²) in [5.74, 6) is -1.87. The van der Waals surface area contributed by atoms with E-state index in [2.05, 4.69) is 4.72 Å². The summed E-state index contributed by atoms with van der Waals surface area (Å²) >= 11 is 0. The van der Waals surface area contributed by atoms with Crippen LogP contribution in [0, 0.1) is 0 Å². The number of esters is 1. The van der Waals surface area contributed by atoms with Crippen LogP contribution in [0.25, 0.3) is 0 Å². The van der Waals surface area contributed by atoms with Crippen molar-refractivity contribution >= 4 is 22.0 Å². The number of hydrogen-bond acceptors (Lipinski definition) is 5. The predicted octanol–water partition coefficient (Wildman–Crippen LogP) is 1.78. The van der Waals surface area contributed by atoms with Crippen LogP contribution in [-0.4, -0.2) is 38.1 Å². The Morgan fingerprint density at radius 1 is 1.30 bits per heavy atom. The molecule has 0 bridgehead atoms. The molecule has 7 nitrogen and oxygen atoms in total. The number of unbranched alkanes of at least 4 members (excludes halogenated alkanes) is 1. The van der Waals surface area contributed by atoms with Crippen molar-refractivity contribution in [3.8, 4) is 0 Å². The molecule has 0 spiro atoms. The van der Waals surface area contributed by atoms with Gasteiger partial charge in [0.25, 0.3) is 0 Å². The summed E-state index contributed by atoms with van der Waals surface area (Å²) in [6.07, 6.45) is 1.54. The standard InChI is InChI=1S/C15H21NO6S/c1-3-5-9-13(14(17)18)16-23(20,21)12-8-6-7-11(10-12)15(19)22-4-2/h6-8,10,13,16H,3-5,9H2,1-2H3,(H,17,18)/t13-/m0/s1. The molecular formula is C15H21NO6S. The van der Waals surface area contributed by atoms with Crippen molar-refractivity contribution in [3.05, 3.63) is 29.8 Å². The van der Waals surface area contributed by atoms with E-state index in [0.717, 1.165) is 6.42 Å². The second-order valence-electron chi connectivity index (χ2n) is 4.90. The number of carbonyl (C=O) groups is 2. The van der Waals surface area contributed by atoms with Crippen LogP contribution in [0.5, 0.6) is 0 Å². The Bertz CT molecular complexity index is 656. The van der Waals surface area contributed by atoms with Crippen molar-refractivity contribution < 1.29 is 27.9 Å². The Labute approximate surface area is 135 Å². The molecule has 23 heavy (non-hydrogen) atoms. The van der Waals surface area contributed by atoms with Crippen molar-refractivity contribution in [1.29, 1.82) is 0 Å². The van der Waals surface area contributed by atoms with Gasteiger partial charge in [0.1, 0.15) is 6.04 Å². The highest BCUT2D eigenvalue weighted by Crippen LogP contribution is 2.14. The van der Waals surface area contributed by atoms with Gasteiger partial charge < -0.3 is 9.84 Å². The molecule has 1 aromatic carbocycles. The van der Waals surface area contributed by atoms with Gasteiger partial charge in [-0.25, -0.2) is 13.2 Å². The molecule has 1 rings (SSSR count). The second-order valence-corrected chi connectivity index (χ2v) is 6.62. The van der Waals surface area contributed by atoms with Crippen LogP contribution in [0.2, 0.25) is 0 Å². The molecular weight excluding hydrogens is 322 g/mol.